The maximum absolute atomic E-state index is 11.9. The number of hydrogen-bond donors (Lipinski definition) is 1. The second-order valence-corrected chi connectivity index (χ2v) is 4.35. The molecular formula is C16H16N2O2. The molecule has 0 aliphatic carbocycles. The van der Waals surface area contributed by atoms with Gasteiger partial charge in [0.25, 0.3) is 5.91 Å². The summed E-state index contributed by atoms with van der Waals surface area (Å²) in [4.78, 5) is 11.9. The van der Waals surface area contributed by atoms with Gasteiger partial charge in [0.15, 0.2) is 0 Å². The van der Waals surface area contributed by atoms with Gasteiger partial charge in [-0.3, -0.25) is 4.79 Å². The van der Waals surface area contributed by atoms with E-state index in [0.29, 0.717) is 5.56 Å². The van der Waals surface area contributed by atoms with Crippen molar-refractivity contribution in [1.82, 2.24) is 5.43 Å². The van der Waals surface area contributed by atoms with Gasteiger partial charge in [-0.25, -0.2) is 5.43 Å². The first-order valence-electron chi connectivity index (χ1n) is 6.23. The van der Waals surface area contributed by atoms with Crippen LogP contribution < -0.4 is 10.2 Å². The minimum atomic E-state index is -0.229. The molecule has 20 heavy (non-hydrogen) atoms. The first kappa shape index (κ1) is 13.8. The number of nitrogens with one attached hydrogen (secondary N) is 1. The molecule has 0 heterocycles. The van der Waals surface area contributed by atoms with Crippen molar-refractivity contribution < 1.29 is 9.53 Å². The fraction of sp³-hybridized carbons (Fsp3) is 0.125. The van der Waals surface area contributed by atoms with Crippen LogP contribution in [0.15, 0.2) is 53.6 Å². The van der Waals surface area contributed by atoms with E-state index in [-0.39, 0.29) is 5.91 Å². The number of hydrogen-bond acceptors (Lipinski definition) is 3. The highest BCUT2D eigenvalue weighted by Gasteiger charge is 2.03. The molecule has 2 aromatic rings. The molecule has 0 atom stereocenters. The van der Waals surface area contributed by atoms with Crippen molar-refractivity contribution in [2.45, 2.75) is 6.92 Å². The van der Waals surface area contributed by atoms with Gasteiger partial charge in [-0.05, 0) is 36.8 Å². The van der Waals surface area contributed by atoms with Crippen molar-refractivity contribution in [3.8, 4) is 5.75 Å². The monoisotopic (exact) mass is 268 g/mol. The molecule has 2 aromatic carbocycles. The van der Waals surface area contributed by atoms with Gasteiger partial charge >= 0.3 is 0 Å². The average molecular weight is 268 g/mol. The number of benzene rings is 2. The first-order chi connectivity index (χ1) is 9.69. The molecule has 0 bridgehead atoms. The molecule has 1 amide bonds. The highest BCUT2D eigenvalue weighted by molar-refractivity contribution is 5.95. The topological polar surface area (TPSA) is 50.7 Å². The normalized spacial score (nSPS) is 10.5. The Morgan fingerprint density at radius 3 is 2.75 bits per heavy atom. The molecule has 0 aliphatic rings. The third-order valence-electron chi connectivity index (χ3n) is 2.75. The lowest BCUT2D eigenvalue weighted by Gasteiger charge is -2.01. The standard InChI is InChI=1S/C16H16N2O2/c1-12-5-3-7-14(9-12)16(19)18-17-11-13-6-4-8-15(10-13)20-2/h3-11H,1-2H3,(H,18,19)/b17-11-. The predicted octanol–water partition coefficient (Wildman–Crippen LogP) is 2.77. The molecule has 0 fully saturated rings. The highest BCUT2D eigenvalue weighted by Crippen LogP contribution is 2.10. The summed E-state index contributed by atoms with van der Waals surface area (Å²) in [5.74, 6) is 0.520. The molecule has 4 heteroatoms. The van der Waals surface area contributed by atoms with Crippen molar-refractivity contribution in [3.63, 3.8) is 0 Å². The van der Waals surface area contributed by atoms with Gasteiger partial charge in [0.1, 0.15) is 5.75 Å². The lowest BCUT2D eigenvalue weighted by molar-refractivity contribution is 0.0955. The van der Waals surface area contributed by atoms with E-state index < -0.39 is 0 Å². The Morgan fingerprint density at radius 2 is 2.00 bits per heavy atom. The van der Waals surface area contributed by atoms with E-state index in [0.717, 1.165) is 16.9 Å². The van der Waals surface area contributed by atoms with Crippen LogP contribution in [-0.2, 0) is 0 Å². The van der Waals surface area contributed by atoms with E-state index in [1.807, 2.05) is 49.4 Å². The van der Waals surface area contributed by atoms with Gasteiger partial charge in [-0.2, -0.15) is 5.10 Å². The highest BCUT2D eigenvalue weighted by atomic mass is 16.5. The third kappa shape index (κ3) is 3.68. The summed E-state index contributed by atoms with van der Waals surface area (Å²) in [5.41, 5.74) is 4.98. The summed E-state index contributed by atoms with van der Waals surface area (Å²) in [5, 5.41) is 3.94. The molecule has 0 unspecified atom stereocenters. The maximum Gasteiger partial charge on any atom is 0.271 e. The summed E-state index contributed by atoms with van der Waals surface area (Å²) in [6, 6.07) is 14.8. The predicted molar refractivity (Wildman–Crippen MR) is 79.2 cm³/mol. The SMILES string of the molecule is COc1cccc(/C=N\NC(=O)c2cccc(C)c2)c1. The van der Waals surface area contributed by atoms with Crippen LogP contribution in [0.25, 0.3) is 0 Å². The Morgan fingerprint density at radius 1 is 1.20 bits per heavy atom. The van der Waals surface area contributed by atoms with Gasteiger partial charge in [0.2, 0.25) is 0 Å². The van der Waals surface area contributed by atoms with Crippen LogP contribution >= 0.6 is 0 Å². The molecule has 0 saturated carbocycles. The molecule has 0 spiro atoms. The summed E-state index contributed by atoms with van der Waals surface area (Å²) >= 11 is 0. The first-order valence-corrected chi connectivity index (χ1v) is 6.23. The maximum atomic E-state index is 11.9. The number of ether oxygens (including phenoxy) is 1. The van der Waals surface area contributed by atoms with E-state index in [2.05, 4.69) is 10.5 Å². The van der Waals surface area contributed by atoms with Crippen LogP contribution in [-0.4, -0.2) is 19.2 Å². The number of rotatable bonds is 4. The fourth-order valence-electron chi connectivity index (χ4n) is 1.74. The molecule has 2 rings (SSSR count). The van der Waals surface area contributed by atoms with Crippen molar-refractivity contribution in [2.24, 2.45) is 5.10 Å². The Labute approximate surface area is 118 Å². The van der Waals surface area contributed by atoms with Gasteiger partial charge in [-0.1, -0.05) is 29.8 Å². The van der Waals surface area contributed by atoms with Crippen LogP contribution in [0.2, 0.25) is 0 Å². The number of methoxy groups -OCH3 is 1. The van der Waals surface area contributed by atoms with Crippen molar-refractivity contribution in [3.05, 3.63) is 65.2 Å². The quantitative estimate of drug-likeness (QED) is 0.684. The third-order valence-corrected chi connectivity index (χ3v) is 2.75. The van der Waals surface area contributed by atoms with Crippen LogP contribution in [0, 0.1) is 6.92 Å². The zero-order valence-electron chi connectivity index (χ0n) is 11.5. The van der Waals surface area contributed by atoms with E-state index in [4.69, 9.17) is 4.74 Å². The Bertz CT molecular complexity index is 636. The molecule has 1 N–H and O–H groups in total. The van der Waals surface area contributed by atoms with Crippen LogP contribution in [0.5, 0.6) is 5.75 Å². The second kappa shape index (κ2) is 6.52. The second-order valence-electron chi connectivity index (χ2n) is 4.35. The van der Waals surface area contributed by atoms with Crippen molar-refractivity contribution in [2.75, 3.05) is 7.11 Å². The Kier molecular flexibility index (Phi) is 4.50. The van der Waals surface area contributed by atoms with Crippen molar-refractivity contribution in [1.29, 1.82) is 0 Å². The number of carbonyl (C=O) groups excluding carboxylic acids is 1. The summed E-state index contributed by atoms with van der Waals surface area (Å²) in [7, 11) is 1.61. The van der Waals surface area contributed by atoms with E-state index >= 15 is 0 Å². The molecular weight excluding hydrogens is 252 g/mol. The Balaban J connectivity index is 2.00. The minimum absolute atomic E-state index is 0.229. The van der Waals surface area contributed by atoms with Crippen LogP contribution in [0.3, 0.4) is 0 Å². The van der Waals surface area contributed by atoms with E-state index in [1.54, 1.807) is 19.4 Å². The van der Waals surface area contributed by atoms with E-state index in [1.165, 1.54) is 0 Å². The smallest absolute Gasteiger partial charge is 0.271 e. The molecule has 0 aromatic heterocycles. The molecule has 102 valence electrons. The summed E-state index contributed by atoms with van der Waals surface area (Å²) in [6.45, 7) is 1.94. The van der Waals surface area contributed by atoms with Gasteiger partial charge in [0, 0.05) is 5.56 Å². The zero-order chi connectivity index (χ0) is 14.4. The molecule has 4 nitrogen and oxygen atoms in total. The van der Waals surface area contributed by atoms with Crippen molar-refractivity contribution >= 4 is 12.1 Å². The number of carbonyl (C=O) groups is 1. The van der Waals surface area contributed by atoms with Gasteiger partial charge < -0.3 is 4.74 Å². The average Bonchev–Trinajstić information content (AvgIpc) is 2.47. The molecule has 0 saturated heterocycles. The zero-order valence-corrected chi connectivity index (χ0v) is 11.5. The largest absolute Gasteiger partial charge is 0.497 e. The number of hydrazone groups is 1. The lowest BCUT2D eigenvalue weighted by atomic mass is 10.1. The summed E-state index contributed by atoms with van der Waals surface area (Å²) in [6.07, 6.45) is 1.58. The van der Waals surface area contributed by atoms with Crippen LogP contribution in [0.4, 0.5) is 0 Å². The number of amides is 1. The minimum Gasteiger partial charge on any atom is -0.497 e. The van der Waals surface area contributed by atoms with Gasteiger partial charge in [-0.15, -0.1) is 0 Å². The summed E-state index contributed by atoms with van der Waals surface area (Å²) < 4.78 is 5.12. The van der Waals surface area contributed by atoms with Crippen LogP contribution in [0.1, 0.15) is 21.5 Å². The number of aryl methyl sites for hydroxylation is 1. The lowest BCUT2D eigenvalue weighted by Crippen LogP contribution is -2.17. The fourth-order valence-corrected chi connectivity index (χ4v) is 1.74. The number of nitrogens with zero attached hydrogens (tertiary/aromatic N) is 1. The Hall–Kier alpha value is -2.62. The van der Waals surface area contributed by atoms with Gasteiger partial charge in [0.05, 0.1) is 13.3 Å². The van der Waals surface area contributed by atoms with E-state index in [9.17, 15) is 4.79 Å². The molecule has 0 radical (unpaired) electrons. The molecule has 0 aliphatic heterocycles.